The van der Waals surface area contributed by atoms with Gasteiger partial charge in [0.05, 0.1) is 24.2 Å². The number of nitrogen functional groups attached to an aromatic ring is 1. The Morgan fingerprint density at radius 1 is 1.22 bits per heavy atom. The zero-order valence-corrected chi connectivity index (χ0v) is 18.1. The van der Waals surface area contributed by atoms with Crippen LogP contribution in [0.25, 0.3) is 22.8 Å². The highest BCUT2D eigenvalue weighted by Gasteiger charge is 2.17. The molecule has 164 valence electrons. The van der Waals surface area contributed by atoms with E-state index in [1.807, 2.05) is 19.1 Å². The third-order valence-corrected chi connectivity index (χ3v) is 5.53. The molecule has 2 heterocycles. The fourth-order valence-corrected chi connectivity index (χ4v) is 3.66. The second kappa shape index (κ2) is 9.10. The largest absolute Gasteiger partial charge is 0.495 e. The molecule has 0 saturated heterocycles. The van der Waals surface area contributed by atoms with Gasteiger partial charge in [-0.2, -0.15) is 5.10 Å². The number of carbonyl (C=O) groups excluding carboxylic acids is 1. The molecule has 2 aromatic heterocycles. The number of aryl methyl sites for hydroxylation is 1. The molecule has 0 fully saturated rings. The van der Waals surface area contributed by atoms with Gasteiger partial charge in [0.25, 0.3) is 0 Å². The number of nitrogens with one attached hydrogen (secondary N) is 2. The van der Waals surface area contributed by atoms with E-state index in [4.69, 9.17) is 10.6 Å². The number of halogens is 1. The molecule has 0 saturated carbocycles. The lowest BCUT2D eigenvalue weighted by Gasteiger charge is -2.10. The van der Waals surface area contributed by atoms with Gasteiger partial charge in [-0.3, -0.25) is 9.89 Å². The van der Waals surface area contributed by atoms with E-state index in [0.717, 1.165) is 22.9 Å². The van der Waals surface area contributed by atoms with Crippen molar-refractivity contribution < 1.29 is 13.9 Å². The van der Waals surface area contributed by atoms with Gasteiger partial charge in [0.1, 0.15) is 17.3 Å². The number of carbonyl (C=O) groups is 1. The molecule has 0 aliphatic heterocycles. The van der Waals surface area contributed by atoms with Crippen LogP contribution < -0.4 is 15.9 Å². The summed E-state index contributed by atoms with van der Waals surface area (Å²) < 4.78 is 19.7. The molecule has 11 heteroatoms. The van der Waals surface area contributed by atoms with Gasteiger partial charge in [-0.25, -0.2) is 9.07 Å². The topological polar surface area (TPSA) is 124 Å². The van der Waals surface area contributed by atoms with Crippen LogP contribution >= 0.6 is 11.8 Å². The quantitative estimate of drug-likeness (QED) is 0.290. The van der Waals surface area contributed by atoms with Gasteiger partial charge >= 0.3 is 0 Å². The van der Waals surface area contributed by atoms with Crippen molar-refractivity contribution in [3.05, 3.63) is 59.9 Å². The maximum atomic E-state index is 13.1. The average Bonchev–Trinajstić information content (AvgIpc) is 3.40. The van der Waals surface area contributed by atoms with E-state index in [1.54, 1.807) is 31.4 Å². The lowest BCUT2D eigenvalue weighted by Crippen LogP contribution is -2.17. The number of hydrogen-bond donors (Lipinski definition) is 3. The Kier molecular flexibility index (Phi) is 6.08. The summed E-state index contributed by atoms with van der Waals surface area (Å²) in [4.78, 5) is 12.4. The molecule has 0 atom stereocenters. The van der Waals surface area contributed by atoms with Crippen LogP contribution in [0, 0.1) is 12.7 Å². The van der Waals surface area contributed by atoms with Crippen LogP contribution in [0.1, 0.15) is 5.56 Å². The minimum absolute atomic E-state index is 0.0796. The zero-order valence-electron chi connectivity index (χ0n) is 17.3. The molecule has 4 N–H and O–H groups in total. The molecule has 4 aromatic rings. The summed E-state index contributed by atoms with van der Waals surface area (Å²) in [6, 6.07) is 13.3. The molecule has 4 rings (SSSR count). The van der Waals surface area contributed by atoms with Crippen molar-refractivity contribution in [2.75, 3.05) is 24.0 Å². The normalized spacial score (nSPS) is 10.8. The Morgan fingerprint density at radius 3 is 2.75 bits per heavy atom. The Bertz CT molecular complexity index is 1250. The van der Waals surface area contributed by atoms with Gasteiger partial charge in [0.2, 0.25) is 16.9 Å². The van der Waals surface area contributed by atoms with Crippen LogP contribution in [0.5, 0.6) is 5.75 Å². The number of anilines is 1. The first-order valence-electron chi connectivity index (χ1n) is 9.54. The van der Waals surface area contributed by atoms with Gasteiger partial charge in [0.15, 0.2) is 0 Å². The van der Waals surface area contributed by atoms with Gasteiger partial charge in [0, 0.05) is 5.56 Å². The number of thioether (sulfide) groups is 1. The number of amides is 1. The second-order valence-corrected chi connectivity index (χ2v) is 7.83. The second-order valence-electron chi connectivity index (χ2n) is 6.89. The average molecular weight is 454 g/mol. The predicted octanol–water partition coefficient (Wildman–Crippen LogP) is 3.24. The fourth-order valence-electron chi connectivity index (χ4n) is 3.00. The Balaban J connectivity index is 1.43. The van der Waals surface area contributed by atoms with Gasteiger partial charge in [-0.15, -0.1) is 10.2 Å². The fraction of sp³-hybridized carbons (Fsp3) is 0.143. The Labute approximate surface area is 187 Å². The lowest BCUT2D eigenvalue weighted by molar-refractivity contribution is -0.113. The molecule has 0 aliphatic carbocycles. The molecule has 0 spiro atoms. The van der Waals surface area contributed by atoms with E-state index in [2.05, 4.69) is 25.7 Å². The summed E-state index contributed by atoms with van der Waals surface area (Å²) in [5, 5.41) is 18.4. The molecule has 0 bridgehead atoms. The number of aromatic nitrogens is 5. The predicted molar refractivity (Wildman–Crippen MR) is 120 cm³/mol. The minimum Gasteiger partial charge on any atom is -0.495 e. The Hall–Kier alpha value is -3.86. The number of methoxy groups -OCH3 is 1. The number of nitrogens with two attached hydrogens (primary N) is 1. The minimum atomic E-state index is -0.322. The molecule has 32 heavy (non-hydrogen) atoms. The smallest absolute Gasteiger partial charge is 0.234 e. The third-order valence-electron chi connectivity index (χ3n) is 4.58. The number of ether oxygens (including phenoxy) is 1. The molecule has 0 aliphatic rings. The maximum Gasteiger partial charge on any atom is 0.234 e. The molecule has 0 radical (unpaired) electrons. The maximum absolute atomic E-state index is 13.1. The van der Waals surface area contributed by atoms with Crippen molar-refractivity contribution in [3.63, 3.8) is 0 Å². The lowest BCUT2D eigenvalue weighted by atomic mass is 10.1. The van der Waals surface area contributed by atoms with E-state index in [9.17, 15) is 9.18 Å². The van der Waals surface area contributed by atoms with Crippen molar-refractivity contribution in [2.24, 2.45) is 0 Å². The molecule has 2 aromatic carbocycles. The van der Waals surface area contributed by atoms with Crippen molar-refractivity contribution in [2.45, 2.75) is 12.1 Å². The van der Waals surface area contributed by atoms with E-state index < -0.39 is 0 Å². The molecule has 1 amide bonds. The van der Waals surface area contributed by atoms with Gasteiger partial charge in [-0.05, 0) is 55.0 Å². The first kappa shape index (κ1) is 21.4. The number of aromatic amines is 1. The van der Waals surface area contributed by atoms with Crippen LogP contribution in [-0.2, 0) is 4.79 Å². The summed E-state index contributed by atoms with van der Waals surface area (Å²) in [7, 11) is 1.55. The van der Waals surface area contributed by atoms with Gasteiger partial charge in [-0.1, -0.05) is 17.8 Å². The van der Waals surface area contributed by atoms with Crippen LogP contribution in [0.15, 0.2) is 53.7 Å². The van der Waals surface area contributed by atoms with Crippen LogP contribution in [0.4, 0.5) is 10.1 Å². The number of H-pyrrole nitrogens is 1. The highest BCUT2D eigenvalue weighted by molar-refractivity contribution is 7.99. The van der Waals surface area contributed by atoms with Crippen molar-refractivity contribution in [1.82, 2.24) is 25.1 Å². The molecular weight excluding hydrogens is 433 g/mol. The van der Waals surface area contributed by atoms with E-state index in [1.165, 1.54) is 16.8 Å². The summed E-state index contributed by atoms with van der Waals surface area (Å²) >= 11 is 1.15. The highest BCUT2D eigenvalue weighted by Crippen LogP contribution is 2.27. The summed E-state index contributed by atoms with van der Waals surface area (Å²) in [5.41, 5.74) is 3.50. The monoisotopic (exact) mass is 453 g/mol. The SMILES string of the molecule is COc1ccc(C)cc1NC(=O)CSc1nnc(-c2cc(-c3ccc(F)cc3)n[nH]2)n1N. The van der Waals surface area contributed by atoms with E-state index in [-0.39, 0.29) is 17.5 Å². The number of hydrogen-bond acceptors (Lipinski definition) is 7. The Morgan fingerprint density at radius 2 is 2.00 bits per heavy atom. The first-order valence-corrected chi connectivity index (χ1v) is 10.5. The van der Waals surface area contributed by atoms with Gasteiger partial charge < -0.3 is 15.9 Å². The summed E-state index contributed by atoms with van der Waals surface area (Å²) in [6.45, 7) is 1.93. The highest BCUT2D eigenvalue weighted by atomic mass is 32.2. The summed E-state index contributed by atoms with van der Waals surface area (Å²) in [5.74, 6) is 6.59. The van der Waals surface area contributed by atoms with E-state index >= 15 is 0 Å². The number of nitrogens with zero attached hydrogens (tertiary/aromatic N) is 4. The number of rotatable bonds is 7. The van der Waals surface area contributed by atoms with Crippen molar-refractivity contribution in [3.8, 4) is 28.5 Å². The van der Waals surface area contributed by atoms with Crippen LogP contribution in [0.3, 0.4) is 0 Å². The van der Waals surface area contributed by atoms with E-state index in [0.29, 0.717) is 33.8 Å². The molecule has 0 unspecified atom stereocenters. The zero-order chi connectivity index (χ0) is 22.7. The van der Waals surface area contributed by atoms with Crippen molar-refractivity contribution in [1.29, 1.82) is 0 Å². The van der Waals surface area contributed by atoms with Crippen molar-refractivity contribution >= 4 is 23.4 Å². The van der Waals surface area contributed by atoms with Crippen LogP contribution in [0.2, 0.25) is 0 Å². The number of benzene rings is 2. The third kappa shape index (κ3) is 4.57. The van der Waals surface area contributed by atoms with Crippen LogP contribution in [-0.4, -0.2) is 43.8 Å². The molecular formula is C21H20FN7O2S. The first-order chi connectivity index (χ1) is 15.4. The standard InChI is InChI=1S/C21H20FN7O2S/c1-12-3-8-18(31-2)16(9-12)24-19(30)11-32-21-28-27-20(29(21)23)17-10-15(25-26-17)13-4-6-14(22)7-5-13/h3-10H,11,23H2,1-2H3,(H,24,30)(H,25,26). The summed E-state index contributed by atoms with van der Waals surface area (Å²) in [6.07, 6.45) is 0. The molecule has 9 nitrogen and oxygen atoms in total.